The van der Waals surface area contributed by atoms with Gasteiger partial charge in [0.1, 0.15) is 0 Å². The number of pyridine rings is 1. The quantitative estimate of drug-likeness (QED) is 0.844. The maximum atomic E-state index is 6.20. The largest absolute Gasteiger partial charge is 0.472 e. The van der Waals surface area contributed by atoms with Crippen LogP contribution in [-0.4, -0.2) is 53.2 Å². The number of nitrogens with zero attached hydrogens (tertiary/aromatic N) is 3. The van der Waals surface area contributed by atoms with E-state index in [1.165, 1.54) is 17.5 Å². The third kappa shape index (κ3) is 3.24. The van der Waals surface area contributed by atoms with E-state index in [9.17, 15) is 0 Å². The summed E-state index contributed by atoms with van der Waals surface area (Å²) < 4.78 is 11.4. The van der Waals surface area contributed by atoms with Crippen LogP contribution in [0.4, 0.5) is 0 Å². The number of ether oxygens (including phenoxy) is 1. The molecule has 0 amide bonds. The molecule has 5 heteroatoms. The van der Waals surface area contributed by atoms with Gasteiger partial charge in [-0.25, -0.2) is 0 Å². The molecule has 0 saturated carbocycles. The third-order valence-corrected chi connectivity index (χ3v) is 5.29. The first kappa shape index (κ1) is 15.8. The highest BCUT2D eigenvalue weighted by Gasteiger charge is 2.45. The van der Waals surface area contributed by atoms with E-state index in [0.29, 0.717) is 18.2 Å². The second kappa shape index (κ2) is 7.05. The van der Waals surface area contributed by atoms with E-state index >= 15 is 0 Å². The molecule has 5 nitrogen and oxygen atoms in total. The van der Waals surface area contributed by atoms with E-state index in [1.54, 1.807) is 6.26 Å². The zero-order chi connectivity index (χ0) is 16.4. The average molecular weight is 327 g/mol. The van der Waals surface area contributed by atoms with Crippen LogP contribution < -0.4 is 0 Å². The van der Waals surface area contributed by atoms with Crippen LogP contribution in [0, 0.1) is 0 Å². The van der Waals surface area contributed by atoms with E-state index in [2.05, 4.69) is 34.0 Å². The van der Waals surface area contributed by atoms with Gasteiger partial charge in [0.15, 0.2) is 0 Å². The maximum Gasteiger partial charge on any atom is 0.0947 e. The van der Waals surface area contributed by atoms with Crippen molar-refractivity contribution in [1.29, 1.82) is 0 Å². The normalized spacial score (nSPS) is 27.5. The molecule has 0 N–H and O–H groups in total. The van der Waals surface area contributed by atoms with Crippen molar-refractivity contribution in [1.82, 2.24) is 14.8 Å². The van der Waals surface area contributed by atoms with Crippen molar-refractivity contribution < 1.29 is 9.15 Å². The zero-order valence-electron chi connectivity index (χ0n) is 14.2. The molecule has 4 heterocycles. The van der Waals surface area contributed by atoms with Crippen LogP contribution in [-0.2, 0) is 17.8 Å². The summed E-state index contributed by atoms with van der Waals surface area (Å²) in [7, 11) is 2.20. The Hall–Kier alpha value is -1.69. The number of furan rings is 1. The van der Waals surface area contributed by atoms with Crippen molar-refractivity contribution in [3.05, 3.63) is 54.2 Å². The fourth-order valence-electron chi connectivity index (χ4n) is 4.11. The van der Waals surface area contributed by atoms with Crippen molar-refractivity contribution in [3.63, 3.8) is 0 Å². The lowest BCUT2D eigenvalue weighted by molar-refractivity contribution is -0.0385. The molecule has 0 radical (unpaired) electrons. The van der Waals surface area contributed by atoms with Crippen LogP contribution in [0.5, 0.6) is 0 Å². The molecule has 0 aromatic carbocycles. The Morgan fingerprint density at radius 3 is 3.08 bits per heavy atom. The topological polar surface area (TPSA) is 41.7 Å². The van der Waals surface area contributed by atoms with Gasteiger partial charge in [-0.15, -0.1) is 0 Å². The van der Waals surface area contributed by atoms with Gasteiger partial charge in [0, 0.05) is 50.2 Å². The van der Waals surface area contributed by atoms with Crippen molar-refractivity contribution in [3.8, 4) is 0 Å². The summed E-state index contributed by atoms with van der Waals surface area (Å²) >= 11 is 0. The lowest BCUT2D eigenvalue weighted by Crippen LogP contribution is -2.46. The molecule has 0 spiro atoms. The summed E-state index contributed by atoms with van der Waals surface area (Å²) in [6.45, 7) is 3.78. The monoisotopic (exact) mass is 327 g/mol. The van der Waals surface area contributed by atoms with Gasteiger partial charge in [-0.2, -0.15) is 0 Å². The lowest BCUT2D eigenvalue weighted by atomic mass is 10.00. The number of fused-ring (bicyclic) bond motifs is 1. The Kier molecular flexibility index (Phi) is 4.65. The molecule has 2 saturated heterocycles. The predicted molar refractivity (Wildman–Crippen MR) is 91.4 cm³/mol. The highest BCUT2D eigenvalue weighted by molar-refractivity contribution is 5.11. The summed E-state index contributed by atoms with van der Waals surface area (Å²) in [4.78, 5) is 9.23. The van der Waals surface area contributed by atoms with E-state index in [1.807, 2.05) is 24.7 Å². The molecule has 2 aliphatic rings. The molecule has 2 aromatic heterocycles. The van der Waals surface area contributed by atoms with Crippen molar-refractivity contribution in [2.24, 2.45) is 0 Å². The Morgan fingerprint density at radius 2 is 2.29 bits per heavy atom. The molecule has 0 unspecified atom stereocenters. The SMILES string of the molecule is CN(Cc1cccnc1)[C@@H]1CN(Cc2ccoc2)[C@@H]2CCCO[C@H]12. The number of likely N-dealkylation sites (tertiary alicyclic amines) is 1. The third-order valence-electron chi connectivity index (χ3n) is 5.29. The summed E-state index contributed by atoms with van der Waals surface area (Å²) in [5, 5.41) is 0. The predicted octanol–water partition coefficient (Wildman–Crippen LogP) is 2.54. The van der Waals surface area contributed by atoms with Crippen molar-refractivity contribution in [2.45, 2.75) is 44.1 Å². The van der Waals surface area contributed by atoms with Crippen LogP contribution in [0.2, 0.25) is 0 Å². The Balaban J connectivity index is 1.48. The van der Waals surface area contributed by atoms with Crippen molar-refractivity contribution >= 4 is 0 Å². The minimum atomic E-state index is 0.298. The number of rotatable bonds is 5. The molecular formula is C19H25N3O2. The van der Waals surface area contributed by atoms with Crippen LogP contribution in [0.15, 0.2) is 47.5 Å². The van der Waals surface area contributed by atoms with Gasteiger partial charge >= 0.3 is 0 Å². The van der Waals surface area contributed by atoms with Gasteiger partial charge in [0.25, 0.3) is 0 Å². The number of hydrogen-bond donors (Lipinski definition) is 0. The van der Waals surface area contributed by atoms with Crippen LogP contribution in [0.1, 0.15) is 24.0 Å². The minimum Gasteiger partial charge on any atom is -0.472 e. The first-order valence-electron chi connectivity index (χ1n) is 8.77. The van der Waals surface area contributed by atoms with Gasteiger partial charge < -0.3 is 9.15 Å². The number of aromatic nitrogens is 1. The zero-order valence-corrected chi connectivity index (χ0v) is 14.2. The minimum absolute atomic E-state index is 0.298. The number of likely N-dealkylation sites (N-methyl/N-ethyl adjacent to an activating group) is 1. The summed E-state index contributed by atoms with van der Waals surface area (Å²) in [5.41, 5.74) is 2.50. The lowest BCUT2D eigenvalue weighted by Gasteiger charge is -2.34. The van der Waals surface area contributed by atoms with Crippen LogP contribution in [0.3, 0.4) is 0 Å². The van der Waals surface area contributed by atoms with Gasteiger partial charge in [0.05, 0.1) is 24.7 Å². The molecule has 2 fully saturated rings. The molecular weight excluding hydrogens is 302 g/mol. The summed E-state index contributed by atoms with van der Waals surface area (Å²) in [5.74, 6) is 0. The van der Waals surface area contributed by atoms with Gasteiger partial charge in [-0.3, -0.25) is 14.8 Å². The fourth-order valence-corrected chi connectivity index (χ4v) is 4.11. The Morgan fingerprint density at radius 1 is 1.33 bits per heavy atom. The Bertz CT molecular complexity index is 631. The van der Waals surface area contributed by atoms with E-state index in [-0.39, 0.29) is 0 Å². The fraction of sp³-hybridized carbons (Fsp3) is 0.526. The number of hydrogen-bond acceptors (Lipinski definition) is 5. The van der Waals surface area contributed by atoms with Gasteiger partial charge in [-0.1, -0.05) is 6.07 Å². The van der Waals surface area contributed by atoms with Crippen molar-refractivity contribution in [2.75, 3.05) is 20.2 Å². The van der Waals surface area contributed by atoms with Crippen LogP contribution >= 0.6 is 0 Å². The average Bonchev–Trinajstić information content (AvgIpc) is 3.25. The molecule has 3 atom stereocenters. The van der Waals surface area contributed by atoms with Gasteiger partial charge in [0.2, 0.25) is 0 Å². The molecule has 2 aliphatic heterocycles. The molecule has 0 bridgehead atoms. The van der Waals surface area contributed by atoms with E-state index in [0.717, 1.165) is 32.7 Å². The van der Waals surface area contributed by atoms with Gasteiger partial charge in [-0.05, 0) is 37.6 Å². The highest BCUT2D eigenvalue weighted by atomic mass is 16.5. The van der Waals surface area contributed by atoms with E-state index < -0.39 is 0 Å². The first-order valence-corrected chi connectivity index (χ1v) is 8.77. The first-order chi connectivity index (χ1) is 11.8. The smallest absolute Gasteiger partial charge is 0.0947 e. The van der Waals surface area contributed by atoms with E-state index in [4.69, 9.17) is 9.15 Å². The summed E-state index contributed by atoms with van der Waals surface area (Å²) in [6.07, 6.45) is 10.1. The molecule has 24 heavy (non-hydrogen) atoms. The van der Waals surface area contributed by atoms with Crippen LogP contribution in [0.25, 0.3) is 0 Å². The molecule has 0 aliphatic carbocycles. The second-order valence-electron chi connectivity index (χ2n) is 6.95. The molecule has 128 valence electrons. The maximum absolute atomic E-state index is 6.20. The summed E-state index contributed by atoms with van der Waals surface area (Å²) in [6, 6.07) is 7.13. The highest BCUT2D eigenvalue weighted by Crippen LogP contribution is 2.32. The second-order valence-corrected chi connectivity index (χ2v) is 6.95. The molecule has 4 rings (SSSR count). The molecule has 2 aromatic rings. The standard InChI is InChI=1S/C19H25N3O2/c1-21(11-15-4-2-7-20-10-15)18-13-22(12-16-6-9-23-14-16)17-5-3-8-24-19(17)18/h2,4,6-7,9-10,14,17-19H,3,5,8,11-13H2,1H3/t17-,18-,19+/m1/s1. The Labute approximate surface area is 143 Å².